The fraction of sp³-hybridized carbons (Fsp3) is 0. The monoisotopic (exact) mass is 507 g/mol. The predicted octanol–water partition coefficient (Wildman–Crippen LogP) is 5.22. The van der Waals surface area contributed by atoms with E-state index in [0.717, 1.165) is 0 Å². The standard InChI is InChI=1S/C21H13Cl4N5O2/c22-14-4-1-5-15(23)12(14)10-26-29-20(31)18-8-3-9-19(28-18)21(32)30-27-11-13-16(24)6-2-7-17(13)25/h1-11H,(H,29,31)(H,30,32)/b26-10+,27-11+. The molecule has 2 amide bonds. The molecule has 3 rings (SSSR count). The van der Waals surface area contributed by atoms with Gasteiger partial charge in [-0.2, -0.15) is 10.2 Å². The number of hydrazone groups is 2. The van der Waals surface area contributed by atoms with Gasteiger partial charge >= 0.3 is 0 Å². The maximum atomic E-state index is 12.3. The minimum Gasteiger partial charge on any atom is -0.266 e. The summed E-state index contributed by atoms with van der Waals surface area (Å²) in [6.07, 6.45) is 2.63. The van der Waals surface area contributed by atoms with E-state index in [1.807, 2.05) is 0 Å². The summed E-state index contributed by atoms with van der Waals surface area (Å²) >= 11 is 24.2. The zero-order valence-electron chi connectivity index (χ0n) is 16.0. The van der Waals surface area contributed by atoms with Crippen molar-refractivity contribution in [3.63, 3.8) is 0 Å². The van der Waals surface area contributed by atoms with Crippen LogP contribution in [0.1, 0.15) is 32.1 Å². The van der Waals surface area contributed by atoms with E-state index in [0.29, 0.717) is 31.2 Å². The van der Waals surface area contributed by atoms with Crippen molar-refractivity contribution >= 4 is 70.6 Å². The van der Waals surface area contributed by atoms with Crippen molar-refractivity contribution in [3.8, 4) is 0 Å². The average Bonchev–Trinajstić information content (AvgIpc) is 2.77. The molecule has 1 heterocycles. The van der Waals surface area contributed by atoms with Crippen LogP contribution >= 0.6 is 46.4 Å². The molecule has 7 nitrogen and oxygen atoms in total. The molecule has 1 aromatic heterocycles. The molecular formula is C21H13Cl4N5O2. The first-order valence-electron chi connectivity index (χ1n) is 8.88. The number of nitrogens with one attached hydrogen (secondary N) is 2. The SMILES string of the molecule is O=C(N/N=C/c1c(Cl)cccc1Cl)c1cccc(C(=O)N/N=C/c2c(Cl)cccc2Cl)n1. The van der Waals surface area contributed by atoms with Crippen LogP contribution in [0.25, 0.3) is 0 Å². The summed E-state index contributed by atoms with van der Waals surface area (Å²) in [5, 5.41) is 9.18. The van der Waals surface area contributed by atoms with Gasteiger partial charge in [-0.15, -0.1) is 0 Å². The lowest BCUT2D eigenvalue weighted by molar-refractivity contribution is 0.0946. The summed E-state index contributed by atoms with van der Waals surface area (Å²) in [4.78, 5) is 28.6. The van der Waals surface area contributed by atoms with Crippen LogP contribution in [-0.4, -0.2) is 29.2 Å². The van der Waals surface area contributed by atoms with Crippen molar-refractivity contribution in [1.29, 1.82) is 0 Å². The summed E-state index contributed by atoms with van der Waals surface area (Å²) < 4.78 is 0. The van der Waals surface area contributed by atoms with Crippen LogP contribution in [0.2, 0.25) is 20.1 Å². The first kappa shape index (κ1) is 23.7. The van der Waals surface area contributed by atoms with E-state index in [4.69, 9.17) is 46.4 Å². The summed E-state index contributed by atoms with van der Waals surface area (Å²) in [6.45, 7) is 0. The van der Waals surface area contributed by atoms with Crippen LogP contribution in [0.5, 0.6) is 0 Å². The van der Waals surface area contributed by atoms with Crippen LogP contribution in [0.15, 0.2) is 64.8 Å². The zero-order chi connectivity index (χ0) is 23.1. The highest BCUT2D eigenvalue weighted by molar-refractivity contribution is 6.39. The third kappa shape index (κ3) is 6.05. The summed E-state index contributed by atoms with van der Waals surface area (Å²) in [5.74, 6) is -1.27. The van der Waals surface area contributed by atoms with Crippen LogP contribution in [0.4, 0.5) is 0 Å². The molecule has 0 spiro atoms. The van der Waals surface area contributed by atoms with Gasteiger partial charge < -0.3 is 0 Å². The normalized spacial score (nSPS) is 11.1. The van der Waals surface area contributed by atoms with Crippen molar-refractivity contribution in [2.24, 2.45) is 10.2 Å². The van der Waals surface area contributed by atoms with Gasteiger partial charge in [-0.05, 0) is 36.4 Å². The Labute approximate surface area is 203 Å². The number of amides is 2. The highest BCUT2D eigenvalue weighted by atomic mass is 35.5. The Hall–Kier alpha value is -2.97. The Morgan fingerprint density at radius 2 is 1.00 bits per heavy atom. The van der Waals surface area contributed by atoms with Crippen molar-refractivity contribution in [2.75, 3.05) is 0 Å². The molecule has 0 saturated heterocycles. The molecule has 0 saturated carbocycles. The molecule has 3 aromatic rings. The Morgan fingerprint density at radius 1 is 0.656 bits per heavy atom. The van der Waals surface area contributed by atoms with Gasteiger partial charge in [0.15, 0.2) is 0 Å². The second-order valence-corrected chi connectivity index (χ2v) is 7.71. The Balaban J connectivity index is 1.65. The fourth-order valence-corrected chi connectivity index (χ4v) is 3.37. The molecule has 32 heavy (non-hydrogen) atoms. The number of hydrogen-bond acceptors (Lipinski definition) is 5. The summed E-state index contributed by atoms with van der Waals surface area (Å²) in [5.41, 5.74) is 5.46. The quantitative estimate of drug-likeness (QED) is 0.352. The predicted molar refractivity (Wildman–Crippen MR) is 127 cm³/mol. The van der Waals surface area contributed by atoms with Gasteiger partial charge in [-0.1, -0.05) is 64.6 Å². The highest BCUT2D eigenvalue weighted by Gasteiger charge is 2.12. The number of carbonyl (C=O) groups excluding carboxylic acids is 2. The first-order chi connectivity index (χ1) is 15.4. The number of benzene rings is 2. The van der Waals surface area contributed by atoms with E-state index in [1.165, 1.54) is 30.6 Å². The molecule has 0 bridgehead atoms. The third-order valence-electron chi connectivity index (χ3n) is 3.93. The van der Waals surface area contributed by atoms with E-state index in [1.54, 1.807) is 36.4 Å². The molecule has 162 valence electrons. The van der Waals surface area contributed by atoms with Gasteiger partial charge in [-0.25, -0.2) is 15.8 Å². The number of aromatic nitrogens is 1. The molecule has 0 aliphatic heterocycles. The molecule has 2 aromatic carbocycles. The lowest BCUT2D eigenvalue weighted by Gasteiger charge is -2.04. The Kier molecular flexibility index (Phi) is 8.19. The number of halogens is 4. The zero-order valence-corrected chi connectivity index (χ0v) is 19.0. The number of carbonyl (C=O) groups is 2. The topological polar surface area (TPSA) is 95.8 Å². The lowest BCUT2D eigenvalue weighted by Crippen LogP contribution is -2.23. The maximum Gasteiger partial charge on any atom is 0.289 e. The molecule has 0 radical (unpaired) electrons. The molecular weight excluding hydrogens is 496 g/mol. The molecule has 0 aliphatic carbocycles. The van der Waals surface area contributed by atoms with Crippen molar-refractivity contribution in [2.45, 2.75) is 0 Å². The number of nitrogens with zero attached hydrogens (tertiary/aromatic N) is 3. The summed E-state index contributed by atoms with van der Waals surface area (Å²) in [7, 11) is 0. The van der Waals surface area contributed by atoms with Crippen LogP contribution in [0, 0.1) is 0 Å². The molecule has 11 heteroatoms. The van der Waals surface area contributed by atoms with Gasteiger partial charge in [-0.3, -0.25) is 9.59 Å². The smallest absolute Gasteiger partial charge is 0.266 e. The second kappa shape index (κ2) is 11.1. The number of rotatable bonds is 6. The van der Waals surface area contributed by atoms with Crippen LogP contribution in [-0.2, 0) is 0 Å². The molecule has 0 fully saturated rings. The molecule has 2 N–H and O–H groups in total. The highest BCUT2D eigenvalue weighted by Crippen LogP contribution is 2.22. The first-order valence-corrected chi connectivity index (χ1v) is 10.4. The number of hydrogen-bond donors (Lipinski definition) is 2. The Morgan fingerprint density at radius 3 is 1.38 bits per heavy atom. The van der Waals surface area contributed by atoms with Gasteiger partial charge in [0.25, 0.3) is 11.8 Å². The third-order valence-corrected chi connectivity index (χ3v) is 5.25. The summed E-state index contributed by atoms with van der Waals surface area (Å²) in [6, 6.07) is 14.3. The van der Waals surface area contributed by atoms with E-state index >= 15 is 0 Å². The van der Waals surface area contributed by atoms with Crippen molar-refractivity contribution < 1.29 is 9.59 Å². The van der Waals surface area contributed by atoms with E-state index in [2.05, 4.69) is 26.0 Å². The largest absolute Gasteiger partial charge is 0.289 e. The van der Waals surface area contributed by atoms with Gasteiger partial charge in [0.1, 0.15) is 11.4 Å². The maximum absolute atomic E-state index is 12.3. The van der Waals surface area contributed by atoms with Gasteiger partial charge in [0.05, 0.1) is 32.5 Å². The Bertz CT molecular complexity index is 1100. The average molecular weight is 509 g/mol. The molecule has 0 atom stereocenters. The fourth-order valence-electron chi connectivity index (χ4n) is 2.38. The minimum atomic E-state index is -0.634. The van der Waals surface area contributed by atoms with E-state index < -0.39 is 11.8 Å². The number of pyridine rings is 1. The van der Waals surface area contributed by atoms with Crippen LogP contribution < -0.4 is 10.9 Å². The lowest BCUT2D eigenvalue weighted by atomic mass is 10.2. The van der Waals surface area contributed by atoms with Crippen molar-refractivity contribution in [3.05, 3.63) is 97.2 Å². The van der Waals surface area contributed by atoms with Gasteiger partial charge in [0, 0.05) is 11.1 Å². The molecule has 0 unspecified atom stereocenters. The van der Waals surface area contributed by atoms with Crippen molar-refractivity contribution in [1.82, 2.24) is 15.8 Å². The van der Waals surface area contributed by atoms with E-state index in [-0.39, 0.29) is 11.4 Å². The second-order valence-electron chi connectivity index (χ2n) is 6.08. The van der Waals surface area contributed by atoms with Crippen LogP contribution in [0.3, 0.4) is 0 Å². The van der Waals surface area contributed by atoms with E-state index in [9.17, 15) is 9.59 Å². The molecule has 0 aliphatic rings. The van der Waals surface area contributed by atoms with Gasteiger partial charge in [0.2, 0.25) is 0 Å². The minimum absolute atomic E-state index is 0.0295.